The molecule has 1 aromatic heterocycles. The summed E-state index contributed by atoms with van der Waals surface area (Å²) < 4.78 is 38.0. The van der Waals surface area contributed by atoms with E-state index in [0.717, 1.165) is 38.5 Å². The van der Waals surface area contributed by atoms with Gasteiger partial charge in [0.05, 0.1) is 5.69 Å². The lowest BCUT2D eigenvalue weighted by Gasteiger charge is -2.28. The van der Waals surface area contributed by atoms with E-state index < -0.39 is 11.9 Å². The normalized spacial score (nSPS) is 18.1. The number of nitrogens with one attached hydrogen (secondary N) is 1. The summed E-state index contributed by atoms with van der Waals surface area (Å²) in [4.78, 5) is 3.40. The Labute approximate surface area is 97.6 Å². The molecule has 0 bridgehead atoms. The molecule has 3 nitrogen and oxygen atoms in total. The monoisotopic (exact) mass is 245 g/mol. The summed E-state index contributed by atoms with van der Waals surface area (Å²) in [7, 11) is 0. The molecular weight excluding hydrogens is 231 g/mol. The molecule has 6 heteroatoms. The second kappa shape index (κ2) is 4.91. The van der Waals surface area contributed by atoms with E-state index in [-0.39, 0.29) is 5.69 Å². The van der Waals surface area contributed by atoms with Gasteiger partial charge in [0, 0.05) is 19.3 Å². The molecule has 2 heterocycles. The van der Waals surface area contributed by atoms with Crippen molar-refractivity contribution >= 4 is 5.69 Å². The van der Waals surface area contributed by atoms with Crippen molar-refractivity contribution in [2.24, 2.45) is 0 Å². The number of alkyl halides is 3. The summed E-state index contributed by atoms with van der Waals surface area (Å²) in [5.74, 6) is 0. The number of pyridine rings is 1. The van der Waals surface area contributed by atoms with Crippen LogP contribution in [-0.2, 0) is 6.18 Å². The Balaban J connectivity index is 2.14. The molecule has 1 aliphatic rings. The van der Waals surface area contributed by atoms with Crippen LogP contribution in [0, 0.1) is 0 Å². The molecule has 0 radical (unpaired) electrons. The van der Waals surface area contributed by atoms with E-state index in [0.29, 0.717) is 0 Å². The van der Waals surface area contributed by atoms with Crippen LogP contribution in [0.4, 0.5) is 18.9 Å². The standard InChI is InChI=1S/C11H14F3N3/c12-11(13,14)10-9(5-4-6-15-10)16-17-7-2-1-3-8-17/h4-6,16H,1-3,7-8H2. The van der Waals surface area contributed by atoms with Crippen molar-refractivity contribution in [3.63, 3.8) is 0 Å². The molecule has 0 aliphatic carbocycles. The fourth-order valence-corrected chi connectivity index (χ4v) is 1.90. The van der Waals surface area contributed by atoms with Crippen LogP contribution in [0.1, 0.15) is 25.0 Å². The Morgan fingerprint density at radius 2 is 1.88 bits per heavy atom. The Morgan fingerprint density at radius 1 is 1.18 bits per heavy atom. The predicted molar refractivity (Wildman–Crippen MR) is 58.3 cm³/mol. The first kappa shape index (κ1) is 12.2. The number of anilines is 1. The van der Waals surface area contributed by atoms with Gasteiger partial charge >= 0.3 is 6.18 Å². The van der Waals surface area contributed by atoms with Crippen LogP contribution in [0.5, 0.6) is 0 Å². The SMILES string of the molecule is FC(F)(F)c1ncccc1NN1CCCCC1. The Bertz CT molecular complexity index is 372. The Kier molecular flexibility index (Phi) is 3.51. The van der Waals surface area contributed by atoms with Crippen molar-refractivity contribution in [1.29, 1.82) is 0 Å². The van der Waals surface area contributed by atoms with Gasteiger partial charge in [0.25, 0.3) is 0 Å². The predicted octanol–water partition coefficient (Wildman–Crippen LogP) is 2.91. The minimum absolute atomic E-state index is 0.0295. The lowest BCUT2D eigenvalue weighted by atomic mass is 10.2. The highest BCUT2D eigenvalue weighted by atomic mass is 19.4. The number of rotatable bonds is 2. The molecule has 1 fully saturated rings. The van der Waals surface area contributed by atoms with Gasteiger partial charge in [-0.25, -0.2) is 9.99 Å². The second-order valence-electron chi connectivity index (χ2n) is 4.06. The van der Waals surface area contributed by atoms with Crippen molar-refractivity contribution in [2.75, 3.05) is 18.5 Å². The zero-order valence-electron chi connectivity index (χ0n) is 9.30. The van der Waals surface area contributed by atoms with Crippen molar-refractivity contribution in [2.45, 2.75) is 25.4 Å². The van der Waals surface area contributed by atoms with Gasteiger partial charge in [0.15, 0.2) is 5.69 Å². The summed E-state index contributed by atoms with van der Waals surface area (Å²) >= 11 is 0. The van der Waals surface area contributed by atoms with Crippen LogP contribution < -0.4 is 5.43 Å². The molecule has 1 N–H and O–H groups in total. The number of halogens is 3. The molecule has 0 unspecified atom stereocenters. The number of nitrogens with zero attached hydrogens (tertiary/aromatic N) is 2. The quantitative estimate of drug-likeness (QED) is 0.868. The molecule has 1 aliphatic heterocycles. The first-order valence-corrected chi connectivity index (χ1v) is 5.61. The molecule has 1 aromatic rings. The van der Waals surface area contributed by atoms with Crippen LogP contribution in [0.3, 0.4) is 0 Å². The average Bonchev–Trinajstić information content (AvgIpc) is 2.30. The third-order valence-electron chi connectivity index (χ3n) is 2.71. The van der Waals surface area contributed by atoms with Crippen molar-refractivity contribution in [3.8, 4) is 0 Å². The molecule has 17 heavy (non-hydrogen) atoms. The third-order valence-corrected chi connectivity index (χ3v) is 2.71. The zero-order chi connectivity index (χ0) is 12.3. The van der Waals surface area contributed by atoms with Gasteiger partial charge in [-0.15, -0.1) is 0 Å². The Morgan fingerprint density at radius 3 is 2.53 bits per heavy atom. The molecule has 1 saturated heterocycles. The van der Waals surface area contributed by atoms with Crippen LogP contribution in [-0.4, -0.2) is 23.1 Å². The van der Waals surface area contributed by atoms with Crippen LogP contribution in [0.2, 0.25) is 0 Å². The molecule has 0 aromatic carbocycles. The number of hydrogen-bond acceptors (Lipinski definition) is 3. The molecule has 0 amide bonds. The highest BCUT2D eigenvalue weighted by Crippen LogP contribution is 2.33. The lowest BCUT2D eigenvalue weighted by Crippen LogP contribution is -2.35. The van der Waals surface area contributed by atoms with Crippen molar-refractivity contribution in [3.05, 3.63) is 24.0 Å². The molecule has 0 spiro atoms. The molecular formula is C11H14F3N3. The van der Waals surface area contributed by atoms with Gasteiger partial charge in [0.1, 0.15) is 0 Å². The van der Waals surface area contributed by atoms with Crippen LogP contribution in [0.25, 0.3) is 0 Å². The number of aromatic nitrogens is 1. The largest absolute Gasteiger partial charge is 0.435 e. The molecule has 94 valence electrons. The summed E-state index contributed by atoms with van der Waals surface area (Å²) in [5, 5.41) is 1.82. The van der Waals surface area contributed by atoms with Gasteiger partial charge < -0.3 is 5.43 Å². The maximum atomic E-state index is 12.7. The summed E-state index contributed by atoms with van der Waals surface area (Å²) in [6, 6.07) is 2.91. The first-order valence-electron chi connectivity index (χ1n) is 5.61. The molecule has 0 saturated carbocycles. The zero-order valence-corrected chi connectivity index (χ0v) is 9.30. The minimum atomic E-state index is -4.42. The van der Waals surface area contributed by atoms with Gasteiger partial charge in [0.2, 0.25) is 0 Å². The fourth-order valence-electron chi connectivity index (χ4n) is 1.90. The van der Waals surface area contributed by atoms with Gasteiger partial charge in [-0.3, -0.25) is 0 Å². The smallest absolute Gasteiger partial charge is 0.317 e. The third kappa shape index (κ3) is 3.09. The number of hydrogen-bond donors (Lipinski definition) is 1. The lowest BCUT2D eigenvalue weighted by molar-refractivity contribution is -0.140. The average molecular weight is 245 g/mol. The van der Waals surface area contributed by atoms with Gasteiger partial charge in [-0.2, -0.15) is 13.2 Å². The maximum Gasteiger partial charge on any atom is 0.435 e. The van der Waals surface area contributed by atoms with Crippen LogP contribution in [0.15, 0.2) is 18.3 Å². The topological polar surface area (TPSA) is 28.2 Å². The van der Waals surface area contributed by atoms with Crippen molar-refractivity contribution in [1.82, 2.24) is 9.99 Å². The van der Waals surface area contributed by atoms with E-state index in [1.807, 2.05) is 5.01 Å². The van der Waals surface area contributed by atoms with Crippen molar-refractivity contribution < 1.29 is 13.2 Å². The number of hydrazine groups is 1. The summed E-state index contributed by atoms with van der Waals surface area (Å²) in [6.07, 6.45) is -0.107. The highest BCUT2D eigenvalue weighted by Gasteiger charge is 2.35. The van der Waals surface area contributed by atoms with Crippen LogP contribution >= 0.6 is 0 Å². The maximum absolute atomic E-state index is 12.7. The summed E-state index contributed by atoms with van der Waals surface area (Å²) in [6.45, 7) is 1.54. The van der Waals surface area contributed by atoms with E-state index in [4.69, 9.17) is 0 Å². The molecule has 0 atom stereocenters. The van der Waals surface area contributed by atoms with E-state index in [1.165, 1.54) is 12.1 Å². The fraction of sp³-hybridized carbons (Fsp3) is 0.545. The Hall–Kier alpha value is -1.30. The van der Waals surface area contributed by atoms with Gasteiger partial charge in [-0.1, -0.05) is 6.42 Å². The van der Waals surface area contributed by atoms with E-state index in [1.54, 1.807) is 0 Å². The van der Waals surface area contributed by atoms with E-state index in [9.17, 15) is 13.2 Å². The highest BCUT2D eigenvalue weighted by molar-refractivity contribution is 5.48. The first-order chi connectivity index (χ1) is 8.07. The van der Waals surface area contributed by atoms with Gasteiger partial charge in [-0.05, 0) is 25.0 Å². The number of piperidine rings is 1. The van der Waals surface area contributed by atoms with E-state index in [2.05, 4.69) is 10.4 Å². The molecule has 2 rings (SSSR count). The van der Waals surface area contributed by atoms with E-state index >= 15 is 0 Å². The minimum Gasteiger partial charge on any atom is -0.317 e. The second-order valence-corrected chi connectivity index (χ2v) is 4.06. The summed E-state index contributed by atoms with van der Waals surface area (Å²) in [5.41, 5.74) is 1.98.